The average Bonchev–Trinajstić information content (AvgIpc) is 3.84. The Morgan fingerprint density at radius 2 is 0.607 bits per heavy atom. The summed E-state index contributed by atoms with van der Waals surface area (Å²) in [5.74, 6) is 0. The number of benzene rings is 9. The zero-order valence-corrected chi connectivity index (χ0v) is 31.7. The largest absolute Gasteiger partial charge is 0.252 e. The maximum Gasteiger partial charge on any atom is 0.0971 e. The highest BCUT2D eigenvalue weighted by Gasteiger charge is 2.15. The molecular weight excluding hydrogens is 717 g/mol. The van der Waals surface area contributed by atoms with E-state index in [1.807, 2.05) is 35.1 Å². The minimum atomic E-state index is 0.921. The fourth-order valence-corrected chi connectivity index (χ4v) is 10.8. The molecule has 0 aliphatic carbocycles. The van der Waals surface area contributed by atoms with Gasteiger partial charge in [-0.3, -0.25) is 9.97 Å². The second kappa shape index (κ2) is 12.4. The summed E-state index contributed by atoms with van der Waals surface area (Å²) in [7, 11) is 0. The van der Waals surface area contributed by atoms with E-state index in [9.17, 15) is 0 Å². The Morgan fingerprint density at radius 3 is 1.05 bits per heavy atom. The molecular formula is C52H30N2S2. The van der Waals surface area contributed by atoms with Gasteiger partial charge < -0.3 is 0 Å². The molecule has 0 N–H and O–H groups in total. The maximum atomic E-state index is 4.95. The van der Waals surface area contributed by atoms with E-state index in [4.69, 9.17) is 9.97 Å². The fourth-order valence-electron chi connectivity index (χ4n) is 8.61. The highest BCUT2D eigenvalue weighted by atomic mass is 32.1. The molecule has 0 unspecified atom stereocenters. The Morgan fingerprint density at radius 1 is 0.250 bits per heavy atom. The molecule has 56 heavy (non-hydrogen) atoms. The number of thiophene rings is 2. The van der Waals surface area contributed by atoms with Crippen LogP contribution in [0, 0.1) is 0 Å². The lowest BCUT2D eigenvalue weighted by atomic mass is 9.92. The van der Waals surface area contributed by atoms with Crippen molar-refractivity contribution < 1.29 is 0 Å². The van der Waals surface area contributed by atoms with Gasteiger partial charge in [-0.05, 0) is 116 Å². The molecule has 0 bridgehead atoms. The molecule has 0 saturated carbocycles. The lowest BCUT2D eigenvalue weighted by molar-refractivity contribution is 1.31. The number of fused-ring (bicyclic) bond motifs is 12. The molecule has 0 radical (unpaired) electrons. The Hall–Kier alpha value is -6.72. The Balaban J connectivity index is 0.944. The van der Waals surface area contributed by atoms with Crippen LogP contribution in [0.4, 0.5) is 0 Å². The van der Waals surface area contributed by atoms with Gasteiger partial charge in [-0.2, -0.15) is 0 Å². The highest BCUT2D eigenvalue weighted by molar-refractivity contribution is 7.26. The van der Waals surface area contributed by atoms with Crippen LogP contribution in [0.3, 0.4) is 0 Å². The second-order valence-electron chi connectivity index (χ2n) is 14.6. The van der Waals surface area contributed by atoms with Gasteiger partial charge in [-0.1, -0.05) is 109 Å². The number of aromatic nitrogens is 2. The van der Waals surface area contributed by atoms with Crippen LogP contribution in [-0.2, 0) is 0 Å². The van der Waals surface area contributed by atoms with Crippen molar-refractivity contribution in [2.45, 2.75) is 0 Å². The van der Waals surface area contributed by atoms with E-state index in [1.54, 1.807) is 0 Å². The van der Waals surface area contributed by atoms with Gasteiger partial charge in [-0.25, -0.2) is 0 Å². The van der Waals surface area contributed by atoms with Crippen molar-refractivity contribution in [2.75, 3.05) is 0 Å². The minimum absolute atomic E-state index is 0.921. The normalized spacial score (nSPS) is 11.9. The number of hydrogen-bond donors (Lipinski definition) is 0. The Labute approximate surface area is 330 Å². The van der Waals surface area contributed by atoms with Gasteiger partial charge in [0.1, 0.15) is 0 Å². The van der Waals surface area contributed by atoms with E-state index in [1.165, 1.54) is 84.5 Å². The Bertz CT molecular complexity index is 3300. The number of hydrogen-bond acceptors (Lipinski definition) is 4. The first-order chi connectivity index (χ1) is 27.7. The maximum absolute atomic E-state index is 4.95. The van der Waals surface area contributed by atoms with Crippen molar-refractivity contribution in [3.05, 3.63) is 182 Å². The molecule has 12 aromatic rings. The van der Waals surface area contributed by atoms with E-state index in [-0.39, 0.29) is 0 Å². The summed E-state index contributed by atoms with van der Waals surface area (Å²) in [6, 6.07) is 62.6. The van der Waals surface area contributed by atoms with E-state index in [2.05, 4.69) is 170 Å². The van der Waals surface area contributed by atoms with Gasteiger partial charge in [0.25, 0.3) is 0 Å². The molecule has 0 aliphatic heterocycles. The molecule has 3 aromatic heterocycles. The summed E-state index contributed by atoms with van der Waals surface area (Å²) in [4.78, 5) is 9.89. The van der Waals surface area contributed by atoms with Crippen LogP contribution in [0.25, 0.3) is 117 Å². The summed E-state index contributed by atoms with van der Waals surface area (Å²) in [6.07, 6.45) is 3.62. The van der Waals surface area contributed by atoms with Crippen molar-refractivity contribution in [3.8, 4) is 44.5 Å². The third-order valence-electron chi connectivity index (χ3n) is 11.3. The van der Waals surface area contributed by atoms with Crippen LogP contribution in [0.15, 0.2) is 182 Å². The van der Waals surface area contributed by atoms with E-state index in [0.29, 0.717) is 0 Å². The van der Waals surface area contributed by atoms with E-state index in [0.717, 1.165) is 32.9 Å². The van der Waals surface area contributed by atoms with Crippen LogP contribution in [0.5, 0.6) is 0 Å². The van der Waals surface area contributed by atoms with E-state index < -0.39 is 0 Å². The minimum Gasteiger partial charge on any atom is -0.252 e. The predicted molar refractivity (Wildman–Crippen MR) is 242 cm³/mol. The van der Waals surface area contributed by atoms with Crippen LogP contribution in [0.1, 0.15) is 0 Å². The average molecular weight is 747 g/mol. The summed E-state index contributed by atoms with van der Waals surface area (Å²) in [5, 5.41) is 9.86. The third-order valence-corrected chi connectivity index (χ3v) is 13.7. The van der Waals surface area contributed by atoms with Crippen molar-refractivity contribution in [1.29, 1.82) is 0 Å². The van der Waals surface area contributed by atoms with Crippen LogP contribution in [-0.4, -0.2) is 9.97 Å². The SMILES string of the molecule is c1cc(-c2ccc3sc4ccccc4c3c2)cc(-c2ccc3c4ccc(-c5cccc(-c6ccc7sc8ccccc8c7c6)c5)cc4c4nccnc4c3c2)c1. The van der Waals surface area contributed by atoms with Crippen molar-refractivity contribution in [2.24, 2.45) is 0 Å². The topological polar surface area (TPSA) is 25.8 Å². The van der Waals surface area contributed by atoms with Gasteiger partial charge in [0.2, 0.25) is 0 Å². The molecule has 0 atom stereocenters. The second-order valence-corrected chi connectivity index (χ2v) is 16.7. The van der Waals surface area contributed by atoms with Crippen LogP contribution < -0.4 is 0 Å². The van der Waals surface area contributed by atoms with Crippen molar-refractivity contribution >= 4 is 95.6 Å². The van der Waals surface area contributed by atoms with E-state index >= 15 is 0 Å². The summed E-state index contributed by atoms with van der Waals surface area (Å²) in [5.41, 5.74) is 11.4. The summed E-state index contributed by atoms with van der Waals surface area (Å²) >= 11 is 3.71. The molecule has 12 rings (SSSR count). The summed E-state index contributed by atoms with van der Waals surface area (Å²) in [6.45, 7) is 0. The quantitative estimate of drug-likeness (QED) is 0.168. The summed E-state index contributed by atoms with van der Waals surface area (Å²) < 4.78 is 5.30. The molecule has 0 saturated heterocycles. The number of rotatable bonds is 4. The van der Waals surface area contributed by atoms with Crippen molar-refractivity contribution in [3.63, 3.8) is 0 Å². The van der Waals surface area contributed by atoms with Crippen LogP contribution in [0.2, 0.25) is 0 Å². The lowest BCUT2D eigenvalue weighted by Gasteiger charge is -2.13. The fraction of sp³-hybridized carbons (Fsp3) is 0. The van der Waals surface area contributed by atoms with Crippen molar-refractivity contribution in [1.82, 2.24) is 9.97 Å². The molecule has 3 heterocycles. The molecule has 0 spiro atoms. The monoisotopic (exact) mass is 746 g/mol. The molecule has 0 aliphatic rings. The molecule has 4 heteroatoms. The first kappa shape index (κ1) is 31.6. The first-order valence-corrected chi connectivity index (χ1v) is 20.5. The van der Waals surface area contributed by atoms with Gasteiger partial charge in [0.15, 0.2) is 0 Å². The zero-order valence-electron chi connectivity index (χ0n) is 30.0. The van der Waals surface area contributed by atoms with Gasteiger partial charge in [-0.15, -0.1) is 22.7 Å². The molecule has 0 fully saturated rings. The predicted octanol–water partition coefficient (Wildman–Crippen LogP) is 15.3. The smallest absolute Gasteiger partial charge is 0.0971 e. The molecule has 0 amide bonds. The van der Waals surface area contributed by atoms with Gasteiger partial charge in [0, 0.05) is 63.5 Å². The Kier molecular flexibility index (Phi) is 7.00. The van der Waals surface area contributed by atoms with Gasteiger partial charge >= 0.3 is 0 Å². The zero-order chi connectivity index (χ0) is 36.7. The first-order valence-electron chi connectivity index (χ1n) is 18.9. The molecule has 260 valence electrons. The number of nitrogens with zero attached hydrogens (tertiary/aromatic N) is 2. The standard InChI is InChI=1S/C52H30N2S2/c1-3-13-47-41(11-1)43-27-37(17-21-49(43)55-47)33-9-5-7-31(25-33)35-15-19-39-40-20-16-36(30-46(40)52-51(45(39)29-35)53-23-24-54-52)32-8-6-10-34(26-32)38-18-22-50-44(28-38)42-12-2-4-14-48(42)56-50/h1-30H. The molecule has 2 nitrogen and oxygen atoms in total. The third kappa shape index (κ3) is 5.00. The highest BCUT2D eigenvalue weighted by Crippen LogP contribution is 2.41. The molecule has 9 aromatic carbocycles. The lowest BCUT2D eigenvalue weighted by Crippen LogP contribution is -1.90. The van der Waals surface area contributed by atoms with Crippen LogP contribution >= 0.6 is 22.7 Å². The van der Waals surface area contributed by atoms with Gasteiger partial charge in [0.05, 0.1) is 11.0 Å².